The predicted molar refractivity (Wildman–Crippen MR) is 41.8 cm³/mol. The molecular weight excluding hydrogens is 128 g/mol. The summed E-state index contributed by atoms with van der Waals surface area (Å²) in [4.78, 5) is 11.1. The number of hydrogen-bond donors (Lipinski definition) is 2. The monoisotopic (exact) mass is 144 g/mol. The minimum Gasteiger partial charge on any atom is -0.322 e. The fourth-order valence-electron chi connectivity index (χ4n) is 0.865. The minimum absolute atomic E-state index is 0.0694. The highest BCUT2D eigenvalue weighted by atomic mass is 16.1. The van der Waals surface area contributed by atoms with Gasteiger partial charge >= 0.3 is 0 Å². The van der Waals surface area contributed by atoms with Gasteiger partial charge in [-0.1, -0.05) is 6.92 Å². The van der Waals surface area contributed by atoms with Crippen molar-refractivity contribution in [1.29, 1.82) is 0 Å². The summed E-state index contributed by atoms with van der Waals surface area (Å²) in [6.45, 7) is 3.67. The van der Waals surface area contributed by atoms with Crippen LogP contribution >= 0.6 is 0 Å². The summed E-state index contributed by atoms with van der Waals surface area (Å²) in [7, 11) is 1.77. The Bertz CT molecular complexity index is 108. The van der Waals surface area contributed by atoms with E-state index in [0.29, 0.717) is 0 Å². The Balaban J connectivity index is 3.89. The summed E-state index contributed by atoms with van der Waals surface area (Å²) < 4.78 is 0. The van der Waals surface area contributed by atoms with Gasteiger partial charge in [-0.3, -0.25) is 4.79 Å². The number of rotatable bonds is 4. The zero-order valence-electron chi connectivity index (χ0n) is 6.85. The molecular formula is C7H16N2O. The molecule has 0 bridgehead atoms. The molecule has 0 saturated heterocycles. The van der Waals surface area contributed by atoms with E-state index in [1.165, 1.54) is 0 Å². The first-order valence-corrected chi connectivity index (χ1v) is 3.60. The maximum atomic E-state index is 11.1. The smallest absolute Gasteiger partial charge is 0.166 e. The van der Waals surface area contributed by atoms with Crippen LogP contribution in [0.1, 0.15) is 20.3 Å². The van der Waals surface area contributed by atoms with Crippen molar-refractivity contribution in [3.63, 3.8) is 0 Å². The van der Waals surface area contributed by atoms with Crippen LogP contribution in [-0.2, 0) is 4.79 Å². The van der Waals surface area contributed by atoms with Crippen LogP contribution in [0.3, 0.4) is 0 Å². The fourth-order valence-corrected chi connectivity index (χ4v) is 0.865. The molecule has 0 heterocycles. The summed E-state index contributed by atoms with van der Waals surface area (Å²) in [5, 5.41) is 2.90. The van der Waals surface area contributed by atoms with Crippen molar-refractivity contribution in [2.45, 2.75) is 32.4 Å². The molecule has 10 heavy (non-hydrogen) atoms. The maximum absolute atomic E-state index is 11.1. The van der Waals surface area contributed by atoms with Gasteiger partial charge in [0.1, 0.15) is 0 Å². The second kappa shape index (κ2) is 4.41. The van der Waals surface area contributed by atoms with Crippen LogP contribution in [0, 0.1) is 0 Å². The van der Waals surface area contributed by atoms with Gasteiger partial charge in [0.25, 0.3) is 0 Å². The molecule has 0 amide bonds. The molecule has 2 unspecified atom stereocenters. The second-order valence-electron chi connectivity index (χ2n) is 2.44. The van der Waals surface area contributed by atoms with Crippen molar-refractivity contribution in [1.82, 2.24) is 5.32 Å². The minimum atomic E-state index is -0.350. The summed E-state index contributed by atoms with van der Waals surface area (Å²) in [5.74, 6) is 0.0880. The molecule has 0 aromatic heterocycles. The van der Waals surface area contributed by atoms with Gasteiger partial charge < -0.3 is 11.1 Å². The Morgan fingerprint density at radius 1 is 1.70 bits per heavy atom. The Kier molecular flexibility index (Phi) is 4.23. The molecule has 0 aromatic carbocycles. The van der Waals surface area contributed by atoms with Crippen molar-refractivity contribution < 1.29 is 4.79 Å². The average molecular weight is 144 g/mol. The first-order valence-electron chi connectivity index (χ1n) is 3.60. The highest BCUT2D eigenvalue weighted by Gasteiger charge is 2.16. The summed E-state index contributed by atoms with van der Waals surface area (Å²) >= 11 is 0. The summed E-state index contributed by atoms with van der Waals surface area (Å²) in [6.07, 6.45) is 0.802. The molecule has 2 atom stereocenters. The Hall–Kier alpha value is -0.410. The molecule has 3 heteroatoms. The van der Waals surface area contributed by atoms with Crippen LogP contribution in [0.15, 0.2) is 0 Å². The van der Waals surface area contributed by atoms with Crippen molar-refractivity contribution in [2.75, 3.05) is 7.05 Å². The van der Waals surface area contributed by atoms with Gasteiger partial charge in [-0.2, -0.15) is 0 Å². The van der Waals surface area contributed by atoms with Crippen LogP contribution in [-0.4, -0.2) is 24.9 Å². The second-order valence-corrected chi connectivity index (χ2v) is 2.44. The normalized spacial score (nSPS) is 16.4. The zero-order valence-corrected chi connectivity index (χ0v) is 6.85. The van der Waals surface area contributed by atoms with Crippen molar-refractivity contribution in [3.05, 3.63) is 0 Å². The number of ketones is 1. The summed E-state index contributed by atoms with van der Waals surface area (Å²) in [5.41, 5.74) is 5.40. The lowest BCUT2D eigenvalue weighted by Crippen LogP contribution is -2.42. The van der Waals surface area contributed by atoms with Crippen LogP contribution in [0.5, 0.6) is 0 Å². The van der Waals surface area contributed by atoms with Crippen molar-refractivity contribution in [3.8, 4) is 0 Å². The van der Waals surface area contributed by atoms with Gasteiger partial charge in [0.05, 0.1) is 12.1 Å². The number of likely N-dealkylation sites (N-methyl/N-ethyl adjacent to an activating group) is 1. The quantitative estimate of drug-likeness (QED) is 0.579. The third-order valence-electron chi connectivity index (χ3n) is 1.55. The molecule has 3 nitrogen and oxygen atoms in total. The number of nitrogens with one attached hydrogen (secondary N) is 1. The van der Waals surface area contributed by atoms with Crippen molar-refractivity contribution >= 4 is 5.78 Å². The standard InChI is InChI=1S/C7H16N2O/c1-4-6(9-3)7(10)5(2)8/h5-6,9H,4,8H2,1-3H3. The Morgan fingerprint density at radius 2 is 2.20 bits per heavy atom. The Labute approximate surface area is 62.0 Å². The van der Waals surface area contributed by atoms with Gasteiger partial charge in [-0.15, -0.1) is 0 Å². The third kappa shape index (κ3) is 2.45. The molecule has 60 valence electrons. The fraction of sp³-hybridized carbons (Fsp3) is 0.857. The number of nitrogens with two attached hydrogens (primary N) is 1. The van der Waals surface area contributed by atoms with Gasteiger partial charge in [-0.05, 0) is 20.4 Å². The topological polar surface area (TPSA) is 55.1 Å². The van der Waals surface area contributed by atoms with E-state index in [4.69, 9.17) is 5.73 Å². The third-order valence-corrected chi connectivity index (χ3v) is 1.55. The van der Waals surface area contributed by atoms with E-state index in [0.717, 1.165) is 6.42 Å². The largest absolute Gasteiger partial charge is 0.322 e. The lowest BCUT2D eigenvalue weighted by atomic mass is 10.1. The van der Waals surface area contributed by atoms with Gasteiger partial charge in [-0.25, -0.2) is 0 Å². The van der Waals surface area contributed by atoms with E-state index in [2.05, 4.69) is 5.32 Å². The Morgan fingerprint density at radius 3 is 2.30 bits per heavy atom. The lowest BCUT2D eigenvalue weighted by Gasteiger charge is -2.14. The van der Waals surface area contributed by atoms with Gasteiger partial charge in [0.2, 0.25) is 0 Å². The van der Waals surface area contributed by atoms with Crippen molar-refractivity contribution in [2.24, 2.45) is 5.73 Å². The SMILES string of the molecule is CCC(NC)C(=O)C(C)N. The molecule has 0 fully saturated rings. The first-order chi connectivity index (χ1) is 4.63. The molecule has 0 radical (unpaired) electrons. The molecule has 0 aliphatic heterocycles. The molecule has 0 spiro atoms. The van der Waals surface area contributed by atoms with E-state index >= 15 is 0 Å². The summed E-state index contributed by atoms with van der Waals surface area (Å²) in [6, 6.07) is -0.419. The lowest BCUT2D eigenvalue weighted by molar-refractivity contribution is -0.121. The molecule has 0 aliphatic rings. The highest BCUT2D eigenvalue weighted by Crippen LogP contribution is 1.94. The van der Waals surface area contributed by atoms with Crippen LogP contribution in [0.2, 0.25) is 0 Å². The highest BCUT2D eigenvalue weighted by molar-refractivity contribution is 5.88. The zero-order chi connectivity index (χ0) is 8.15. The maximum Gasteiger partial charge on any atom is 0.166 e. The van der Waals surface area contributed by atoms with Crippen LogP contribution in [0.4, 0.5) is 0 Å². The average Bonchev–Trinajstić information content (AvgIpc) is 1.90. The van der Waals surface area contributed by atoms with E-state index in [1.807, 2.05) is 6.92 Å². The van der Waals surface area contributed by atoms with Gasteiger partial charge in [0.15, 0.2) is 5.78 Å². The molecule has 0 aliphatic carbocycles. The van der Waals surface area contributed by atoms with E-state index < -0.39 is 0 Å². The van der Waals surface area contributed by atoms with Gasteiger partial charge in [0, 0.05) is 0 Å². The number of hydrogen-bond acceptors (Lipinski definition) is 3. The van der Waals surface area contributed by atoms with E-state index in [-0.39, 0.29) is 17.9 Å². The number of carbonyl (C=O) groups is 1. The predicted octanol–water partition coefficient (Wildman–Crippen LogP) is -0.0993. The molecule has 0 aromatic rings. The van der Waals surface area contributed by atoms with Crippen LogP contribution in [0.25, 0.3) is 0 Å². The molecule has 0 rings (SSSR count). The molecule has 3 N–H and O–H groups in total. The first kappa shape index (κ1) is 9.59. The van der Waals surface area contributed by atoms with Crippen LogP contribution < -0.4 is 11.1 Å². The number of carbonyl (C=O) groups excluding carboxylic acids is 1. The number of Topliss-reactive ketones (excluding diaryl/α,β-unsaturated/α-hetero) is 1. The van der Waals surface area contributed by atoms with E-state index in [9.17, 15) is 4.79 Å². The van der Waals surface area contributed by atoms with E-state index in [1.54, 1.807) is 14.0 Å². The molecule has 0 saturated carbocycles.